The predicted molar refractivity (Wildman–Crippen MR) is 168 cm³/mol. The Morgan fingerprint density at radius 3 is 1.97 bits per heavy atom. The molecule has 0 spiro atoms. The van der Waals surface area contributed by atoms with E-state index in [9.17, 15) is 0 Å². The van der Waals surface area contributed by atoms with Crippen LogP contribution in [0.1, 0.15) is 22.3 Å². The zero-order valence-electron chi connectivity index (χ0n) is 21.2. The molecular formula is C38H22S. The summed E-state index contributed by atoms with van der Waals surface area (Å²) in [6.45, 7) is 0. The monoisotopic (exact) mass is 510 g/mol. The van der Waals surface area contributed by atoms with Gasteiger partial charge in [0.25, 0.3) is 0 Å². The van der Waals surface area contributed by atoms with E-state index in [1.54, 1.807) is 0 Å². The molecule has 0 radical (unpaired) electrons. The number of rotatable bonds is 2. The van der Waals surface area contributed by atoms with Crippen molar-refractivity contribution in [2.24, 2.45) is 0 Å². The third-order valence-electron chi connectivity index (χ3n) is 9.25. The van der Waals surface area contributed by atoms with Crippen molar-refractivity contribution < 1.29 is 0 Å². The Kier molecular flexibility index (Phi) is 3.75. The third kappa shape index (κ3) is 2.54. The van der Waals surface area contributed by atoms with Crippen LogP contribution in [0.25, 0.3) is 74.7 Å². The molecule has 0 saturated carbocycles. The lowest BCUT2D eigenvalue weighted by Gasteiger charge is -2.14. The maximum absolute atomic E-state index is 2.52. The maximum atomic E-state index is 2.52. The summed E-state index contributed by atoms with van der Waals surface area (Å²) in [6, 6.07) is 41.2. The van der Waals surface area contributed by atoms with Gasteiger partial charge in [0, 0.05) is 20.2 Å². The van der Waals surface area contributed by atoms with Gasteiger partial charge in [-0.1, -0.05) is 91.0 Å². The van der Waals surface area contributed by atoms with E-state index in [0.29, 0.717) is 0 Å². The summed E-state index contributed by atoms with van der Waals surface area (Å²) in [6.07, 6.45) is 2.05. The molecule has 39 heavy (non-hydrogen) atoms. The summed E-state index contributed by atoms with van der Waals surface area (Å²) in [7, 11) is 0. The van der Waals surface area contributed by atoms with Crippen LogP contribution in [-0.4, -0.2) is 0 Å². The SMILES string of the molecule is c1cc(-c2cc3c4c5c(cccc5c5cccc6c5c4c2C6)C3)cc(-c2cccc3c2sc2ccccc23)c1. The minimum atomic E-state index is 1.01. The van der Waals surface area contributed by atoms with Gasteiger partial charge in [-0.2, -0.15) is 0 Å². The van der Waals surface area contributed by atoms with E-state index in [1.165, 1.54) is 97.0 Å². The molecule has 0 amide bonds. The first-order valence-electron chi connectivity index (χ1n) is 13.8. The normalized spacial score (nSPS) is 13.4. The van der Waals surface area contributed by atoms with Gasteiger partial charge >= 0.3 is 0 Å². The van der Waals surface area contributed by atoms with Crippen LogP contribution in [-0.2, 0) is 12.8 Å². The molecule has 1 heterocycles. The second-order valence-electron chi connectivity index (χ2n) is 11.2. The van der Waals surface area contributed by atoms with Crippen LogP contribution in [0, 0.1) is 0 Å². The quantitative estimate of drug-likeness (QED) is 0.203. The molecule has 0 aliphatic heterocycles. The Labute approximate surface area is 229 Å². The van der Waals surface area contributed by atoms with Crippen LogP contribution >= 0.6 is 11.3 Å². The minimum Gasteiger partial charge on any atom is -0.135 e. The summed E-state index contributed by atoms with van der Waals surface area (Å²) >= 11 is 1.91. The summed E-state index contributed by atoms with van der Waals surface area (Å²) < 4.78 is 2.74. The molecule has 0 saturated heterocycles. The lowest BCUT2D eigenvalue weighted by Crippen LogP contribution is -1.92. The summed E-state index contributed by atoms with van der Waals surface area (Å²) in [5, 5.41) is 11.6. The fourth-order valence-electron chi connectivity index (χ4n) is 7.68. The number of hydrogen-bond acceptors (Lipinski definition) is 1. The molecule has 8 aromatic rings. The van der Waals surface area contributed by atoms with Crippen molar-refractivity contribution in [1.29, 1.82) is 0 Å². The molecule has 0 fully saturated rings. The summed E-state index contributed by atoms with van der Waals surface area (Å²) in [5.41, 5.74) is 11.3. The highest BCUT2D eigenvalue weighted by atomic mass is 32.1. The molecule has 1 heteroatoms. The van der Waals surface area contributed by atoms with Crippen molar-refractivity contribution in [2.45, 2.75) is 12.8 Å². The average Bonchev–Trinajstić information content (AvgIpc) is 3.67. The van der Waals surface area contributed by atoms with E-state index in [-0.39, 0.29) is 0 Å². The van der Waals surface area contributed by atoms with Gasteiger partial charge in [0.15, 0.2) is 0 Å². The highest BCUT2D eigenvalue weighted by Gasteiger charge is 2.29. The van der Waals surface area contributed by atoms with E-state index >= 15 is 0 Å². The fraction of sp³-hybridized carbons (Fsp3) is 0.0526. The Hall–Kier alpha value is -4.46. The molecule has 1 aromatic heterocycles. The maximum Gasteiger partial charge on any atom is 0.0433 e. The zero-order chi connectivity index (χ0) is 25.2. The topological polar surface area (TPSA) is 0 Å². The van der Waals surface area contributed by atoms with Gasteiger partial charge < -0.3 is 0 Å². The van der Waals surface area contributed by atoms with Crippen molar-refractivity contribution in [3.63, 3.8) is 0 Å². The molecule has 2 aliphatic rings. The average molecular weight is 511 g/mol. The van der Waals surface area contributed by atoms with E-state index < -0.39 is 0 Å². The van der Waals surface area contributed by atoms with Crippen LogP contribution in [0.15, 0.2) is 109 Å². The standard InChI is InChI=1S/C38H22S/c1-2-16-33-27(11-1)30-15-6-12-26(38(30)39-33)21-7-3-8-22(17-21)31-20-25-18-23-9-4-13-28-29-14-5-10-24-19-32(31)37(35(24)29)36(25)34(23)28/h1-17,20H,18-19H2. The first kappa shape index (κ1) is 20.5. The van der Waals surface area contributed by atoms with E-state index in [2.05, 4.69) is 109 Å². The molecule has 0 N–H and O–H groups in total. The van der Waals surface area contributed by atoms with Crippen LogP contribution in [0.5, 0.6) is 0 Å². The molecule has 0 unspecified atom stereocenters. The summed E-state index contributed by atoms with van der Waals surface area (Å²) in [5.74, 6) is 0. The van der Waals surface area contributed by atoms with Gasteiger partial charge in [-0.3, -0.25) is 0 Å². The van der Waals surface area contributed by atoms with Crippen molar-refractivity contribution >= 4 is 63.8 Å². The van der Waals surface area contributed by atoms with E-state index in [1.807, 2.05) is 11.3 Å². The lowest BCUT2D eigenvalue weighted by molar-refractivity contribution is 1.24. The van der Waals surface area contributed by atoms with Crippen molar-refractivity contribution in [1.82, 2.24) is 0 Å². The van der Waals surface area contributed by atoms with E-state index in [0.717, 1.165) is 12.8 Å². The van der Waals surface area contributed by atoms with Crippen LogP contribution in [0.2, 0.25) is 0 Å². The molecular weight excluding hydrogens is 488 g/mol. The number of thiophene rings is 1. The highest BCUT2D eigenvalue weighted by Crippen LogP contribution is 2.51. The van der Waals surface area contributed by atoms with Crippen molar-refractivity contribution in [3.8, 4) is 22.3 Å². The Balaban J connectivity index is 1.25. The van der Waals surface area contributed by atoms with Gasteiger partial charge in [-0.15, -0.1) is 11.3 Å². The fourth-order valence-corrected chi connectivity index (χ4v) is 8.92. The minimum absolute atomic E-state index is 1.01. The third-order valence-corrected chi connectivity index (χ3v) is 10.5. The zero-order valence-corrected chi connectivity index (χ0v) is 22.0. The van der Waals surface area contributed by atoms with Crippen molar-refractivity contribution in [3.05, 3.63) is 131 Å². The largest absolute Gasteiger partial charge is 0.135 e. The van der Waals surface area contributed by atoms with Gasteiger partial charge in [-0.25, -0.2) is 0 Å². The highest BCUT2D eigenvalue weighted by molar-refractivity contribution is 7.26. The molecule has 10 rings (SSSR count). The summed E-state index contributed by atoms with van der Waals surface area (Å²) in [4.78, 5) is 0. The Morgan fingerprint density at radius 2 is 1.10 bits per heavy atom. The number of fused-ring (bicyclic) bond motifs is 4. The second-order valence-corrected chi connectivity index (χ2v) is 12.3. The molecule has 2 aliphatic carbocycles. The number of hydrogen-bond donors (Lipinski definition) is 0. The van der Waals surface area contributed by atoms with Gasteiger partial charge in [0.05, 0.1) is 0 Å². The molecule has 0 nitrogen and oxygen atoms in total. The predicted octanol–water partition coefficient (Wildman–Crippen LogP) is 10.7. The molecule has 0 bridgehead atoms. The van der Waals surface area contributed by atoms with Crippen LogP contribution in [0.3, 0.4) is 0 Å². The first-order valence-corrected chi connectivity index (χ1v) is 14.6. The van der Waals surface area contributed by atoms with Gasteiger partial charge in [-0.05, 0) is 108 Å². The first-order chi connectivity index (χ1) is 19.3. The van der Waals surface area contributed by atoms with Crippen LogP contribution in [0.4, 0.5) is 0 Å². The Bertz CT molecular complexity index is 2380. The van der Waals surface area contributed by atoms with E-state index in [4.69, 9.17) is 0 Å². The van der Waals surface area contributed by atoms with Gasteiger partial charge in [0.1, 0.15) is 0 Å². The van der Waals surface area contributed by atoms with Crippen molar-refractivity contribution in [2.75, 3.05) is 0 Å². The molecule has 7 aromatic carbocycles. The molecule has 0 atom stereocenters. The Morgan fingerprint density at radius 1 is 0.436 bits per heavy atom. The number of benzene rings is 7. The second kappa shape index (κ2) is 7.14. The van der Waals surface area contributed by atoms with Gasteiger partial charge in [0.2, 0.25) is 0 Å². The lowest BCUT2D eigenvalue weighted by atomic mass is 9.89. The van der Waals surface area contributed by atoms with Crippen LogP contribution < -0.4 is 0 Å². The molecule has 180 valence electrons. The smallest absolute Gasteiger partial charge is 0.0433 e.